The minimum Gasteiger partial charge on any atom is -0.305 e. The molecule has 2 rings (SSSR count). The van der Waals surface area contributed by atoms with E-state index >= 15 is 0 Å². The van der Waals surface area contributed by atoms with Crippen LogP contribution in [0.1, 0.15) is 52.4 Å². The zero-order valence-corrected chi connectivity index (χ0v) is 11.3. The molecule has 2 aliphatic heterocycles. The molecule has 0 amide bonds. The third-order valence-corrected chi connectivity index (χ3v) is 5.39. The second-order valence-corrected chi connectivity index (χ2v) is 6.62. The van der Waals surface area contributed by atoms with E-state index in [1.54, 1.807) is 0 Å². The average Bonchev–Trinajstić information content (AvgIpc) is 2.29. The first-order valence-corrected chi connectivity index (χ1v) is 7.68. The van der Waals surface area contributed by atoms with Gasteiger partial charge >= 0.3 is 0 Å². The maximum Gasteiger partial charge on any atom is 0.136 e. The summed E-state index contributed by atoms with van der Waals surface area (Å²) in [6.07, 6.45) is 6.01. The smallest absolute Gasteiger partial charge is 0.136 e. The van der Waals surface area contributed by atoms with Crippen molar-refractivity contribution in [1.82, 2.24) is 5.32 Å². The van der Waals surface area contributed by atoms with Gasteiger partial charge in [0.2, 0.25) is 0 Å². The number of carbonyl (C=O) groups excluding carboxylic acids is 1. The van der Waals surface area contributed by atoms with Gasteiger partial charge in [-0.2, -0.15) is 11.8 Å². The summed E-state index contributed by atoms with van der Waals surface area (Å²) in [5.74, 6) is 2.91. The van der Waals surface area contributed by atoms with Gasteiger partial charge in [0.1, 0.15) is 5.78 Å². The Labute approximate surface area is 103 Å². The lowest BCUT2D eigenvalue weighted by Crippen LogP contribution is -2.64. The molecule has 16 heavy (non-hydrogen) atoms. The second-order valence-electron chi connectivity index (χ2n) is 5.40. The van der Waals surface area contributed by atoms with E-state index in [4.69, 9.17) is 0 Å². The summed E-state index contributed by atoms with van der Waals surface area (Å²) in [5.41, 5.74) is 0.240. The lowest BCUT2D eigenvalue weighted by molar-refractivity contribution is -0.126. The van der Waals surface area contributed by atoms with Crippen molar-refractivity contribution in [3.8, 4) is 0 Å². The van der Waals surface area contributed by atoms with E-state index in [0.717, 1.165) is 25.7 Å². The van der Waals surface area contributed by atoms with Crippen molar-refractivity contribution in [1.29, 1.82) is 0 Å². The number of hydrogen-bond donors (Lipinski definition) is 1. The third kappa shape index (κ3) is 2.30. The zero-order chi connectivity index (χ0) is 11.6. The average molecular weight is 241 g/mol. The highest BCUT2D eigenvalue weighted by Crippen LogP contribution is 2.39. The number of nitrogens with one attached hydrogen (secondary N) is 1. The highest BCUT2D eigenvalue weighted by Gasteiger charge is 2.45. The summed E-state index contributed by atoms with van der Waals surface area (Å²) < 4.78 is 0. The number of ketones is 1. The van der Waals surface area contributed by atoms with E-state index in [0.29, 0.717) is 5.78 Å². The molecule has 0 saturated carbocycles. The van der Waals surface area contributed by atoms with Crippen LogP contribution < -0.4 is 5.32 Å². The lowest BCUT2D eigenvalue weighted by Gasteiger charge is -2.50. The fourth-order valence-electron chi connectivity index (χ4n) is 3.21. The van der Waals surface area contributed by atoms with E-state index in [1.807, 2.05) is 11.8 Å². The molecule has 2 heterocycles. The molecule has 3 heteroatoms. The monoisotopic (exact) mass is 241 g/mol. The maximum atomic E-state index is 12.0. The SMILES string of the molecule is CCC1(CC)CC(=O)CC2(CCSCC2)N1. The van der Waals surface area contributed by atoms with Gasteiger partial charge in [0.25, 0.3) is 0 Å². The van der Waals surface area contributed by atoms with E-state index < -0.39 is 0 Å². The Morgan fingerprint density at radius 2 is 1.81 bits per heavy atom. The normalized spacial score (nSPS) is 28.2. The van der Waals surface area contributed by atoms with Gasteiger partial charge < -0.3 is 5.32 Å². The van der Waals surface area contributed by atoms with Crippen molar-refractivity contribution in [2.75, 3.05) is 11.5 Å². The second kappa shape index (κ2) is 4.69. The molecule has 1 spiro atoms. The molecule has 0 aromatic carbocycles. The molecule has 2 aliphatic rings. The molecule has 0 atom stereocenters. The van der Waals surface area contributed by atoms with Crippen LogP contribution in [0.15, 0.2) is 0 Å². The van der Waals surface area contributed by atoms with Gasteiger partial charge in [-0.05, 0) is 37.2 Å². The van der Waals surface area contributed by atoms with Crippen LogP contribution >= 0.6 is 11.8 Å². The van der Waals surface area contributed by atoms with Gasteiger partial charge in [-0.25, -0.2) is 0 Å². The van der Waals surface area contributed by atoms with Gasteiger partial charge in [-0.1, -0.05) is 13.8 Å². The first-order chi connectivity index (χ1) is 7.64. The third-order valence-electron chi connectivity index (χ3n) is 4.40. The van der Waals surface area contributed by atoms with Crippen molar-refractivity contribution in [2.45, 2.75) is 63.5 Å². The van der Waals surface area contributed by atoms with Crippen molar-refractivity contribution >= 4 is 17.5 Å². The number of hydrogen-bond acceptors (Lipinski definition) is 3. The molecule has 1 N–H and O–H groups in total. The van der Waals surface area contributed by atoms with Crippen LogP contribution in [0.25, 0.3) is 0 Å². The van der Waals surface area contributed by atoms with Crippen LogP contribution in [0, 0.1) is 0 Å². The number of carbonyl (C=O) groups is 1. The molecule has 2 nitrogen and oxygen atoms in total. The zero-order valence-electron chi connectivity index (χ0n) is 10.5. The Morgan fingerprint density at radius 1 is 1.19 bits per heavy atom. The highest BCUT2D eigenvalue weighted by molar-refractivity contribution is 7.99. The van der Waals surface area contributed by atoms with Gasteiger partial charge in [-0.3, -0.25) is 4.79 Å². The fraction of sp³-hybridized carbons (Fsp3) is 0.923. The van der Waals surface area contributed by atoms with Crippen molar-refractivity contribution in [2.24, 2.45) is 0 Å². The standard InChI is InChI=1S/C13H23NOS/c1-3-12(4-2)9-11(15)10-13(14-12)5-7-16-8-6-13/h14H,3-10H2,1-2H3. The molecule has 0 unspecified atom stereocenters. The summed E-state index contributed by atoms with van der Waals surface area (Å²) in [7, 11) is 0. The molecule has 0 radical (unpaired) electrons. The minimum absolute atomic E-state index is 0.0946. The van der Waals surface area contributed by atoms with Gasteiger partial charge in [-0.15, -0.1) is 0 Å². The van der Waals surface area contributed by atoms with Gasteiger partial charge in [0, 0.05) is 23.9 Å². The van der Waals surface area contributed by atoms with Crippen LogP contribution in [0.4, 0.5) is 0 Å². The Bertz CT molecular complexity index is 267. The Morgan fingerprint density at radius 3 is 2.38 bits per heavy atom. The van der Waals surface area contributed by atoms with Gasteiger partial charge in [0.05, 0.1) is 0 Å². The Hall–Kier alpha value is -0.0200. The summed E-state index contributed by atoms with van der Waals surface area (Å²) in [6, 6.07) is 0. The topological polar surface area (TPSA) is 29.1 Å². The summed E-state index contributed by atoms with van der Waals surface area (Å²) >= 11 is 2.03. The highest BCUT2D eigenvalue weighted by atomic mass is 32.2. The Kier molecular flexibility index (Phi) is 3.65. The van der Waals surface area contributed by atoms with Gasteiger partial charge in [0.15, 0.2) is 0 Å². The molecule has 2 fully saturated rings. The van der Waals surface area contributed by atoms with Crippen molar-refractivity contribution in [3.05, 3.63) is 0 Å². The number of rotatable bonds is 2. The number of Topliss-reactive ketones (excluding diaryl/α,β-unsaturated/α-hetero) is 1. The predicted octanol–water partition coefficient (Wildman–Crippen LogP) is 2.76. The van der Waals surface area contributed by atoms with Crippen LogP contribution in [-0.2, 0) is 4.79 Å². The largest absolute Gasteiger partial charge is 0.305 e. The summed E-state index contributed by atoms with van der Waals surface area (Å²) in [5, 5.41) is 3.88. The molecular weight excluding hydrogens is 218 g/mol. The molecular formula is C13H23NOS. The van der Waals surface area contributed by atoms with Crippen LogP contribution in [-0.4, -0.2) is 28.4 Å². The Balaban J connectivity index is 2.18. The number of piperidine rings is 1. The minimum atomic E-state index is 0.0946. The molecule has 0 bridgehead atoms. The molecule has 0 aromatic heterocycles. The molecule has 0 aliphatic carbocycles. The van der Waals surface area contributed by atoms with E-state index in [9.17, 15) is 4.79 Å². The van der Waals surface area contributed by atoms with E-state index in [1.165, 1.54) is 24.3 Å². The molecule has 92 valence electrons. The predicted molar refractivity (Wildman–Crippen MR) is 70.0 cm³/mol. The summed E-state index contributed by atoms with van der Waals surface area (Å²) in [6.45, 7) is 4.42. The first-order valence-electron chi connectivity index (χ1n) is 6.52. The fourth-order valence-corrected chi connectivity index (χ4v) is 4.48. The lowest BCUT2D eigenvalue weighted by atomic mass is 9.73. The van der Waals surface area contributed by atoms with Crippen molar-refractivity contribution < 1.29 is 4.79 Å². The molecule has 2 saturated heterocycles. The maximum absolute atomic E-state index is 12.0. The summed E-state index contributed by atoms with van der Waals surface area (Å²) in [4.78, 5) is 12.0. The molecule has 0 aromatic rings. The van der Waals surface area contributed by atoms with E-state index in [-0.39, 0.29) is 11.1 Å². The van der Waals surface area contributed by atoms with Crippen LogP contribution in [0.3, 0.4) is 0 Å². The van der Waals surface area contributed by atoms with E-state index in [2.05, 4.69) is 19.2 Å². The first kappa shape index (κ1) is 12.4. The van der Waals surface area contributed by atoms with Crippen LogP contribution in [0.2, 0.25) is 0 Å². The van der Waals surface area contributed by atoms with Crippen molar-refractivity contribution in [3.63, 3.8) is 0 Å². The number of thioether (sulfide) groups is 1. The van der Waals surface area contributed by atoms with Crippen LogP contribution in [0.5, 0.6) is 0 Å². The quantitative estimate of drug-likeness (QED) is 0.806.